The van der Waals surface area contributed by atoms with Crippen LogP contribution in [0, 0.1) is 17.8 Å². The Balaban J connectivity index is 1.87. The van der Waals surface area contributed by atoms with Gasteiger partial charge in [-0.05, 0) is 62.9 Å². The Morgan fingerprint density at radius 2 is 1.94 bits per heavy atom. The van der Waals surface area contributed by atoms with Crippen molar-refractivity contribution in [1.29, 1.82) is 0 Å². The quantitative estimate of drug-likeness (QED) is 0.781. The minimum absolute atomic E-state index is 0.767. The number of rotatable bonds is 2. The van der Waals surface area contributed by atoms with E-state index in [9.17, 15) is 0 Å². The van der Waals surface area contributed by atoms with E-state index in [4.69, 9.17) is 5.73 Å². The molecule has 0 aromatic rings. The zero-order chi connectivity index (χ0) is 11.5. The molecule has 0 radical (unpaired) electrons. The summed E-state index contributed by atoms with van der Waals surface area (Å²) in [4.78, 5) is 2.74. The lowest BCUT2D eigenvalue weighted by atomic mass is 9.78. The molecule has 1 aliphatic carbocycles. The van der Waals surface area contributed by atoms with E-state index in [-0.39, 0.29) is 0 Å². The number of nitrogens with zero attached hydrogens (tertiary/aromatic N) is 1. The lowest BCUT2D eigenvalue weighted by Gasteiger charge is -2.43. The topological polar surface area (TPSA) is 29.3 Å². The molecule has 0 aromatic heterocycles. The third-order valence-electron chi connectivity index (χ3n) is 4.97. The van der Waals surface area contributed by atoms with Crippen LogP contribution in [0.3, 0.4) is 0 Å². The van der Waals surface area contributed by atoms with E-state index in [2.05, 4.69) is 18.7 Å². The molecule has 94 valence electrons. The second kappa shape index (κ2) is 5.50. The zero-order valence-corrected chi connectivity index (χ0v) is 11.0. The Morgan fingerprint density at radius 1 is 1.12 bits per heavy atom. The van der Waals surface area contributed by atoms with Gasteiger partial charge in [-0.25, -0.2) is 0 Å². The van der Waals surface area contributed by atoms with Crippen LogP contribution in [0.5, 0.6) is 0 Å². The van der Waals surface area contributed by atoms with Gasteiger partial charge in [-0.1, -0.05) is 13.8 Å². The van der Waals surface area contributed by atoms with Gasteiger partial charge < -0.3 is 10.6 Å². The molecule has 2 nitrogen and oxygen atoms in total. The van der Waals surface area contributed by atoms with Crippen LogP contribution in [-0.4, -0.2) is 30.6 Å². The fraction of sp³-hybridized carbons (Fsp3) is 1.00. The van der Waals surface area contributed by atoms with Crippen molar-refractivity contribution in [3.05, 3.63) is 0 Å². The smallest absolute Gasteiger partial charge is 0.00981 e. The minimum Gasteiger partial charge on any atom is -0.330 e. The van der Waals surface area contributed by atoms with Gasteiger partial charge in [0.15, 0.2) is 0 Å². The summed E-state index contributed by atoms with van der Waals surface area (Å²) in [5, 5.41) is 0. The molecule has 1 aliphatic heterocycles. The number of nitrogens with two attached hydrogens (primary N) is 1. The molecule has 2 heteroatoms. The summed E-state index contributed by atoms with van der Waals surface area (Å²) in [6.45, 7) is 8.32. The molecule has 2 aliphatic rings. The summed E-state index contributed by atoms with van der Waals surface area (Å²) in [6.07, 6.45) is 6.98. The predicted octanol–water partition coefficient (Wildman–Crippen LogP) is 2.48. The van der Waals surface area contributed by atoms with Crippen LogP contribution in [-0.2, 0) is 0 Å². The predicted molar refractivity (Wildman–Crippen MR) is 69.3 cm³/mol. The Kier molecular flexibility index (Phi) is 4.26. The van der Waals surface area contributed by atoms with Crippen molar-refractivity contribution in [2.45, 2.75) is 52.0 Å². The average Bonchev–Trinajstić information content (AvgIpc) is 2.33. The van der Waals surface area contributed by atoms with Crippen molar-refractivity contribution in [2.24, 2.45) is 23.5 Å². The Bertz CT molecular complexity index is 213. The molecule has 0 spiro atoms. The molecule has 2 rings (SSSR count). The highest BCUT2D eigenvalue weighted by Gasteiger charge is 2.30. The maximum Gasteiger partial charge on any atom is 0.00981 e. The maximum absolute atomic E-state index is 5.82. The summed E-state index contributed by atoms with van der Waals surface area (Å²) in [6, 6.07) is 0.862. The number of hydrogen-bond acceptors (Lipinski definition) is 2. The molecule has 4 atom stereocenters. The van der Waals surface area contributed by atoms with Gasteiger partial charge in [0.05, 0.1) is 0 Å². The molecule has 0 amide bonds. The summed E-state index contributed by atoms with van der Waals surface area (Å²) in [5.74, 6) is 2.62. The average molecular weight is 224 g/mol. The van der Waals surface area contributed by atoms with Crippen molar-refractivity contribution in [2.75, 3.05) is 19.6 Å². The van der Waals surface area contributed by atoms with Crippen molar-refractivity contribution in [3.63, 3.8) is 0 Å². The molecule has 2 fully saturated rings. The molecule has 0 bridgehead atoms. The van der Waals surface area contributed by atoms with E-state index in [0.717, 1.165) is 30.3 Å². The number of hydrogen-bond donors (Lipinski definition) is 1. The van der Waals surface area contributed by atoms with Crippen LogP contribution in [0.1, 0.15) is 46.0 Å². The lowest BCUT2D eigenvalue weighted by Crippen LogP contribution is -2.46. The first-order chi connectivity index (χ1) is 7.70. The first-order valence-corrected chi connectivity index (χ1v) is 7.14. The minimum atomic E-state index is 0.767. The van der Waals surface area contributed by atoms with E-state index in [0.29, 0.717) is 0 Å². The standard InChI is InChI=1S/C14H28N2/c1-11-5-6-14(8-12(11)2)16-7-3-4-13(9-15)10-16/h11-14H,3-10,15H2,1-2H3. The molecule has 1 saturated heterocycles. The van der Waals surface area contributed by atoms with Crippen LogP contribution in [0.2, 0.25) is 0 Å². The first-order valence-electron chi connectivity index (χ1n) is 7.14. The summed E-state index contributed by atoms with van der Waals surface area (Å²) < 4.78 is 0. The van der Waals surface area contributed by atoms with E-state index < -0.39 is 0 Å². The van der Waals surface area contributed by atoms with Crippen LogP contribution in [0.25, 0.3) is 0 Å². The van der Waals surface area contributed by atoms with Gasteiger partial charge in [-0.15, -0.1) is 0 Å². The maximum atomic E-state index is 5.82. The third-order valence-corrected chi connectivity index (χ3v) is 4.97. The van der Waals surface area contributed by atoms with Crippen LogP contribution in [0.15, 0.2) is 0 Å². The highest BCUT2D eigenvalue weighted by molar-refractivity contribution is 4.85. The number of piperidine rings is 1. The van der Waals surface area contributed by atoms with Crippen molar-refractivity contribution >= 4 is 0 Å². The fourth-order valence-corrected chi connectivity index (χ4v) is 3.47. The van der Waals surface area contributed by atoms with Gasteiger partial charge in [-0.3, -0.25) is 0 Å². The molecular weight excluding hydrogens is 196 g/mol. The largest absolute Gasteiger partial charge is 0.330 e. The molecule has 4 unspecified atom stereocenters. The SMILES string of the molecule is CC1CCC(N2CCCC(CN)C2)CC1C. The van der Waals surface area contributed by atoms with E-state index >= 15 is 0 Å². The van der Waals surface area contributed by atoms with Gasteiger partial charge >= 0.3 is 0 Å². The molecule has 2 N–H and O–H groups in total. The Labute approximate surface area is 101 Å². The zero-order valence-electron chi connectivity index (χ0n) is 11.0. The van der Waals surface area contributed by atoms with Gasteiger partial charge in [-0.2, -0.15) is 0 Å². The molecule has 0 aromatic carbocycles. The van der Waals surface area contributed by atoms with Crippen molar-refractivity contribution < 1.29 is 0 Å². The summed E-state index contributed by atoms with van der Waals surface area (Å²) in [7, 11) is 0. The Morgan fingerprint density at radius 3 is 2.62 bits per heavy atom. The summed E-state index contributed by atoms with van der Waals surface area (Å²) in [5.41, 5.74) is 5.82. The van der Waals surface area contributed by atoms with Crippen LogP contribution < -0.4 is 5.73 Å². The Hall–Kier alpha value is -0.0800. The van der Waals surface area contributed by atoms with Crippen molar-refractivity contribution in [3.8, 4) is 0 Å². The first kappa shape index (κ1) is 12.4. The number of likely N-dealkylation sites (tertiary alicyclic amines) is 1. The van der Waals surface area contributed by atoms with Gasteiger partial charge in [0.25, 0.3) is 0 Å². The van der Waals surface area contributed by atoms with E-state index in [1.54, 1.807) is 0 Å². The van der Waals surface area contributed by atoms with Crippen molar-refractivity contribution in [1.82, 2.24) is 4.90 Å². The highest BCUT2D eigenvalue weighted by atomic mass is 15.2. The van der Waals surface area contributed by atoms with Crippen LogP contribution >= 0.6 is 0 Å². The van der Waals surface area contributed by atoms with Gasteiger partial charge in [0, 0.05) is 12.6 Å². The monoisotopic (exact) mass is 224 g/mol. The van der Waals surface area contributed by atoms with E-state index in [1.807, 2.05) is 0 Å². The molecule has 16 heavy (non-hydrogen) atoms. The lowest BCUT2D eigenvalue weighted by molar-refractivity contribution is 0.0713. The third kappa shape index (κ3) is 2.78. The van der Waals surface area contributed by atoms with Gasteiger partial charge in [0.2, 0.25) is 0 Å². The normalized spacial score (nSPS) is 42.2. The fourth-order valence-electron chi connectivity index (χ4n) is 3.47. The second-order valence-electron chi connectivity index (χ2n) is 6.16. The van der Waals surface area contributed by atoms with Gasteiger partial charge in [0.1, 0.15) is 0 Å². The summed E-state index contributed by atoms with van der Waals surface area (Å²) >= 11 is 0. The highest BCUT2D eigenvalue weighted by Crippen LogP contribution is 2.33. The second-order valence-corrected chi connectivity index (χ2v) is 6.16. The molecular formula is C14H28N2. The van der Waals surface area contributed by atoms with Crippen LogP contribution in [0.4, 0.5) is 0 Å². The molecule has 1 heterocycles. The van der Waals surface area contributed by atoms with E-state index in [1.165, 1.54) is 45.2 Å². The molecule has 1 saturated carbocycles.